The van der Waals surface area contributed by atoms with Gasteiger partial charge in [-0.25, -0.2) is 5.32 Å². The molecular formula is C8H15F3N2. The predicted octanol–water partition coefficient (Wildman–Crippen LogP) is 1.58. The molecule has 0 aromatic heterocycles. The Hall–Kier alpha value is -0.290. The van der Waals surface area contributed by atoms with E-state index in [2.05, 4.69) is 0 Å². The molecule has 1 atom stereocenters. The highest BCUT2D eigenvalue weighted by atomic mass is 19.4. The van der Waals surface area contributed by atoms with Crippen molar-refractivity contribution in [3.63, 3.8) is 0 Å². The first kappa shape index (κ1) is 10.8. The second-order valence-corrected chi connectivity index (χ2v) is 3.37. The number of hydrogen-bond acceptors (Lipinski definition) is 2. The second-order valence-electron chi connectivity index (χ2n) is 3.37. The van der Waals surface area contributed by atoms with Gasteiger partial charge in [0.15, 0.2) is 0 Å². The minimum Gasteiger partial charge on any atom is -0.302 e. The van der Waals surface area contributed by atoms with Crippen LogP contribution in [0.15, 0.2) is 0 Å². The fraction of sp³-hybridized carbons (Fsp3) is 1.00. The van der Waals surface area contributed by atoms with Crippen molar-refractivity contribution < 1.29 is 13.2 Å². The lowest BCUT2D eigenvalue weighted by molar-refractivity contribution is -0.167. The fourth-order valence-corrected chi connectivity index (χ4v) is 1.69. The Morgan fingerprint density at radius 2 is 2.15 bits per heavy atom. The number of halogens is 3. The van der Waals surface area contributed by atoms with Crippen molar-refractivity contribution in [2.75, 3.05) is 19.6 Å². The molecule has 5 heteroatoms. The second kappa shape index (κ2) is 4.28. The highest BCUT2D eigenvalue weighted by Crippen LogP contribution is 2.16. The summed E-state index contributed by atoms with van der Waals surface area (Å²) in [5.41, 5.74) is 0. The number of alkyl halides is 3. The highest BCUT2D eigenvalue weighted by molar-refractivity contribution is 4.78. The fourth-order valence-electron chi connectivity index (χ4n) is 1.69. The normalized spacial score (nSPS) is 26.3. The van der Waals surface area contributed by atoms with Gasteiger partial charge in [-0.2, -0.15) is 13.2 Å². The molecule has 0 amide bonds. The van der Waals surface area contributed by atoms with Crippen molar-refractivity contribution in [2.45, 2.75) is 32.1 Å². The van der Waals surface area contributed by atoms with Crippen LogP contribution in [0.1, 0.15) is 19.8 Å². The van der Waals surface area contributed by atoms with E-state index < -0.39 is 12.3 Å². The summed E-state index contributed by atoms with van der Waals surface area (Å²) in [7, 11) is 0. The molecule has 0 aliphatic carbocycles. The first-order valence-electron chi connectivity index (χ1n) is 4.58. The third-order valence-electron chi connectivity index (χ3n) is 2.32. The van der Waals surface area contributed by atoms with Gasteiger partial charge in [0.25, 0.3) is 0 Å². The van der Waals surface area contributed by atoms with E-state index in [4.69, 9.17) is 0 Å². The topological polar surface area (TPSA) is 15.3 Å². The Morgan fingerprint density at radius 3 is 2.69 bits per heavy atom. The summed E-state index contributed by atoms with van der Waals surface area (Å²) in [6.45, 7) is 4.23. The van der Waals surface area contributed by atoms with Crippen LogP contribution in [0, 0.1) is 0 Å². The molecule has 0 bridgehead atoms. The van der Waals surface area contributed by atoms with Gasteiger partial charge in [0, 0.05) is 12.6 Å². The minimum absolute atomic E-state index is 0.423. The molecule has 0 unspecified atom stereocenters. The van der Waals surface area contributed by atoms with Crippen LogP contribution in [0.2, 0.25) is 0 Å². The Balaban J connectivity index is 2.34. The summed E-state index contributed by atoms with van der Waals surface area (Å²) in [5, 5.41) is 1.68. The maximum absolute atomic E-state index is 11.9. The van der Waals surface area contributed by atoms with E-state index in [0.29, 0.717) is 13.0 Å². The standard InChI is InChI=1S/C8H15F3N2/c1-2-13-5-3-4-7(6-13)12-8(9,10)11/h7,12H,2-6H2,1H3/t7-/m0/s1. The smallest absolute Gasteiger partial charge is 0.302 e. The summed E-state index contributed by atoms with van der Waals surface area (Å²) in [6.07, 6.45) is -2.76. The third-order valence-corrected chi connectivity index (χ3v) is 2.32. The number of likely N-dealkylation sites (N-methyl/N-ethyl adjacent to an activating group) is 1. The predicted molar refractivity (Wildman–Crippen MR) is 44.3 cm³/mol. The molecule has 0 aromatic carbocycles. The van der Waals surface area contributed by atoms with Gasteiger partial charge < -0.3 is 4.90 Å². The van der Waals surface area contributed by atoms with E-state index in [1.807, 2.05) is 11.8 Å². The molecule has 1 saturated heterocycles. The summed E-state index contributed by atoms with van der Waals surface area (Å²) in [4.78, 5) is 2.03. The van der Waals surface area contributed by atoms with Crippen molar-refractivity contribution in [2.24, 2.45) is 0 Å². The lowest BCUT2D eigenvalue weighted by atomic mass is 10.1. The van der Waals surface area contributed by atoms with Gasteiger partial charge in [-0.15, -0.1) is 0 Å². The zero-order chi connectivity index (χ0) is 9.90. The molecule has 13 heavy (non-hydrogen) atoms. The summed E-state index contributed by atoms with van der Waals surface area (Å²) in [6, 6.07) is -0.423. The van der Waals surface area contributed by atoms with E-state index in [-0.39, 0.29) is 0 Å². The van der Waals surface area contributed by atoms with Crippen molar-refractivity contribution >= 4 is 0 Å². The van der Waals surface area contributed by atoms with E-state index >= 15 is 0 Å². The number of nitrogens with one attached hydrogen (secondary N) is 1. The highest BCUT2D eigenvalue weighted by Gasteiger charge is 2.32. The van der Waals surface area contributed by atoms with Crippen LogP contribution in [-0.4, -0.2) is 36.9 Å². The van der Waals surface area contributed by atoms with E-state index in [1.54, 1.807) is 5.32 Å². The number of hydrogen-bond donors (Lipinski definition) is 1. The lowest BCUT2D eigenvalue weighted by Crippen LogP contribution is -2.50. The minimum atomic E-state index is -4.23. The average molecular weight is 196 g/mol. The van der Waals surface area contributed by atoms with Gasteiger partial charge in [-0.3, -0.25) is 0 Å². The van der Waals surface area contributed by atoms with Crippen molar-refractivity contribution in [1.29, 1.82) is 0 Å². The summed E-state index contributed by atoms with van der Waals surface area (Å²) >= 11 is 0. The molecule has 0 saturated carbocycles. The zero-order valence-electron chi connectivity index (χ0n) is 7.69. The quantitative estimate of drug-likeness (QED) is 0.674. The van der Waals surface area contributed by atoms with Crippen molar-refractivity contribution in [1.82, 2.24) is 10.2 Å². The molecule has 1 aliphatic rings. The molecule has 1 fully saturated rings. The molecule has 1 heterocycles. The average Bonchev–Trinajstić information content (AvgIpc) is 2.01. The molecule has 1 rings (SSSR count). The lowest BCUT2D eigenvalue weighted by Gasteiger charge is -2.32. The van der Waals surface area contributed by atoms with Gasteiger partial charge in [0.2, 0.25) is 0 Å². The van der Waals surface area contributed by atoms with Crippen LogP contribution in [0.3, 0.4) is 0 Å². The SMILES string of the molecule is CCN1CCC[C@H](NC(F)(F)F)C1. The van der Waals surface area contributed by atoms with Gasteiger partial charge in [-0.05, 0) is 25.9 Å². The zero-order valence-corrected chi connectivity index (χ0v) is 7.69. The molecule has 2 nitrogen and oxygen atoms in total. The van der Waals surface area contributed by atoms with Gasteiger partial charge in [0.05, 0.1) is 0 Å². The number of rotatable bonds is 2. The van der Waals surface area contributed by atoms with E-state index in [9.17, 15) is 13.2 Å². The Labute approximate surface area is 76.1 Å². The van der Waals surface area contributed by atoms with Crippen LogP contribution in [0.25, 0.3) is 0 Å². The van der Waals surface area contributed by atoms with Crippen LogP contribution in [0.5, 0.6) is 0 Å². The first-order valence-corrected chi connectivity index (χ1v) is 4.58. The van der Waals surface area contributed by atoms with Crippen molar-refractivity contribution in [3.05, 3.63) is 0 Å². The molecule has 0 spiro atoms. The Bertz CT molecular complexity index is 158. The maximum atomic E-state index is 11.9. The number of likely N-dealkylation sites (tertiary alicyclic amines) is 1. The Morgan fingerprint density at radius 1 is 1.46 bits per heavy atom. The summed E-state index contributed by atoms with van der Waals surface area (Å²) in [5.74, 6) is 0. The summed E-state index contributed by atoms with van der Waals surface area (Å²) < 4.78 is 35.8. The number of piperidine rings is 1. The van der Waals surface area contributed by atoms with Crippen LogP contribution < -0.4 is 5.32 Å². The van der Waals surface area contributed by atoms with E-state index in [0.717, 1.165) is 19.5 Å². The molecule has 0 aromatic rings. The van der Waals surface area contributed by atoms with Crippen LogP contribution in [0.4, 0.5) is 13.2 Å². The largest absolute Gasteiger partial charge is 0.457 e. The molecule has 0 radical (unpaired) electrons. The maximum Gasteiger partial charge on any atom is 0.457 e. The van der Waals surface area contributed by atoms with Crippen LogP contribution >= 0.6 is 0 Å². The van der Waals surface area contributed by atoms with Gasteiger partial charge in [0.1, 0.15) is 0 Å². The molecule has 78 valence electrons. The third kappa shape index (κ3) is 3.95. The van der Waals surface area contributed by atoms with Crippen molar-refractivity contribution in [3.8, 4) is 0 Å². The first-order chi connectivity index (χ1) is 6.01. The number of nitrogens with zero attached hydrogens (tertiary/aromatic N) is 1. The molecule has 1 N–H and O–H groups in total. The van der Waals surface area contributed by atoms with Crippen LogP contribution in [-0.2, 0) is 0 Å². The Kier molecular flexibility index (Phi) is 3.55. The van der Waals surface area contributed by atoms with E-state index in [1.165, 1.54) is 0 Å². The molecular weight excluding hydrogens is 181 g/mol. The molecule has 1 aliphatic heterocycles. The van der Waals surface area contributed by atoms with Gasteiger partial charge >= 0.3 is 6.30 Å². The monoisotopic (exact) mass is 196 g/mol. The van der Waals surface area contributed by atoms with Gasteiger partial charge in [-0.1, -0.05) is 6.92 Å².